The van der Waals surface area contributed by atoms with Crippen molar-refractivity contribution in [3.8, 4) is 5.75 Å². The van der Waals surface area contributed by atoms with Crippen LogP contribution >= 0.6 is 0 Å². The van der Waals surface area contributed by atoms with Crippen LogP contribution in [0.15, 0.2) is 36.4 Å². The molecule has 1 aliphatic carbocycles. The summed E-state index contributed by atoms with van der Waals surface area (Å²) in [6, 6.07) is 13.3. The first-order chi connectivity index (χ1) is 10.4. The molecule has 1 N–H and O–H groups in total. The van der Waals surface area contributed by atoms with Crippen LogP contribution < -0.4 is 10.1 Å². The van der Waals surface area contributed by atoms with Crippen LogP contribution in [0.3, 0.4) is 0 Å². The van der Waals surface area contributed by atoms with E-state index in [4.69, 9.17) is 4.74 Å². The fourth-order valence-corrected chi connectivity index (χ4v) is 3.49. The van der Waals surface area contributed by atoms with Crippen LogP contribution in [0.25, 0.3) is 0 Å². The lowest BCUT2D eigenvalue weighted by Gasteiger charge is -2.20. The molecule has 0 spiro atoms. The van der Waals surface area contributed by atoms with Gasteiger partial charge >= 0.3 is 0 Å². The highest BCUT2D eigenvalue weighted by Gasteiger charge is 2.14. The molecule has 0 bridgehead atoms. The first kappa shape index (κ1) is 12.8. The third kappa shape index (κ3) is 2.51. The molecular weight excluding hydrogens is 258 g/mol. The Kier molecular flexibility index (Phi) is 3.30. The van der Waals surface area contributed by atoms with Gasteiger partial charge in [0.2, 0.25) is 0 Å². The van der Waals surface area contributed by atoms with E-state index in [-0.39, 0.29) is 0 Å². The van der Waals surface area contributed by atoms with E-state index in [0.717, 1.165) is 25.3 Å². The highest BCUT2D eigenvalue weighted by Crippen LogP contribution is 2.29. The zero-order valence-corrected chi connectivity index (χ0v) is 12.3. The Balaban J connectivity index is 1.52. The molecule has 0 fully saturated rings. The molecule has 0 saturated heterocycles. The minimum absolute atomic E-state index is 0.832. The number of aryl methyl sites for hydroxylation is 1. The predicted octanol–water partition coefficient (Wildman–Crippen LogP) is 4.11. The number of nitrogens with one attached hydrogen (secondary N) is 1. The Bertz CT molecular complexity index is 663. The maximum Gasteiger partial charge on any atom is 0.122 e. The summed E-state index contributed by atoms with van der Waals surface area (Å²) in [5, 5.41) is 3.64. The van der Waals surface area contributed by atoms with Crippen LogP contribution in [-0.4, -0.2) is 6.61 Å². The van der Waals surface area contributed by atoms with Gasteiger partial charge in [0, 0.05) is 18.7 Å². The van der Waals surface area contributed by atoms with E-state index in [9.17, 15) is 0 Å². The normalized spacial score (nSPS) is 16.0. The van der Waals surface area contributed by atoms with Gasteiger partial charge in [0.15, 0.2) is 0 Å². The monoisotopic (exact) mass is 279 g/mol. The van der Waals surface area contributed by atoms with Crippen molar-refractivity contribution < 1.29 is 4.74 Å². The van der Waals surface area contributed by atoms with Crippen LogP contribution in [0.1, 0.15) is 35.1 Å². The minimum Gasteiger partial charge on any atom is -0.493 e. The molecule has 0 saturated carbocycles. The molecule has 2 nitrogen and oxygen atoms in total. The largest absolute Gasteiger partial charge is 0.493 e. The van der Waals surface area contributed by atoms with Crippen molar-refractivity contribution in [1.82, 2.24) is 0 Å². The summed E-state index contributed by atoms with van der Waals surface area (Å²) >= 11 is 0. The van der Waals surface area contributed by atoms with Crippen molar-refractivity contribution in [3.63, 3.8) is 0 Å². The molecule has 0 amide bonds. The second kappa shape index (κ2) is 5.44. The van der Waals surface area contributed by atoms with E-state index in [2.05, 4.69) is 41.7 Å². The van der Waals surface area contributed by atoms with Crippen LogP contribution in [0.4, 0.5) is 5.69 Å². The molecular formula is C19H21NO. The fourth-order valence-electron chi connectivity index (χ4n) is 3.49. The SMILES string of the molecule is c1cc2c(c(NCc3ccc4c(c3)CCO4)c1)CCCC2. The fraction of sp³-hybridized carbons (Fsp3) is 0.368. The third-order valence-electron chi connectivity index (χ3n) is 4.63. The van der Waals surface area contributed by atoms with Gasteiger partial charge in [0.1, 0.15) is 5.75 Å². The molecule has 1 aliphatic heterocycles. The summed E-state index contributed by atoms with van der Waals surface area (Å²) in [7, 11) is 0. The standard InChI is InChI=1S/C19H21NO/c1-2-6-17-15(4-1)5-3-7-18(17)20-13-14-8-9-19-16(12-14)10-11-21-19/h3,5,7-9,12,20H,1-2,4,6,10-11,13H2. The lowest BCUT2D eigenvalue weighted by molar-refractivity contribution is 0.357. The smallest absolute Gasteiger partial charge is 0.122 e. The number of hydrogen-bond donors (Lipinski definition) is 1. The molecule has 2 heteroatoms. The van der Waals surface area contributed by atoms with Crippen LogP contribution in [0.5, 0.6) is 5.75 Å². The summed E-state index contributed by atoms with van der Waals surface area (Å²) in [4.78, 5) is 0. The highest BCUT2D eigenvalue weighted by atomic mass is 16.5. The topological polar surface area (TPSA) is 21.3 Å². The molecule has 21 heavy (non-hydrogen) atoms. The first-order valence-corrected chi connectivity index (χ1v) is 7.99. The van der Waals surface area contributed by atoms with Gasteiger partial charge < -0.3 is 10.1 Å². The molecule has 2 aliphatic rings. The maximum absolute atomic E-state index is 5.57. The zero-order chi connectivity index (χ0) is 14.1. The van der Waals surface area contributed by atoms with Crippen LogP contribution in [0, 0.1) is 0 Å². The molecule has 4 rings (SSSR count). The minimum atomic E-state index is 0.832. The van der Waals surface area contributed by atoms with E-state index in [0.29, 0.717) is 0 Å². The van der Waals surface area contributed by atoms with E-state index < -0.39 is 0 Å². The van der Waals surface area contributed by atoms with E-state index in [1.54, 1.807) is 0 Å². The van der Waals surface area contributed by atoms with E-state index >= 15 is 0 Å². The number of benzene rings is 2. The van der Waals surface area contributed by atoms with E-state index in [1.165, 1.54) is 53.6 Å². The van der Waals surface area contributed by atoms with Gasteiger partial charge in [-0.15, -0.1) is 0 Å². The Morgan fingerprint density at radius 2 is 1.90 bits per heavy atom. The summed E-state index contributed by atoms with van der Waals surface area (Å²) < 4.78 is 5.57. The first-order valence-electron chi connectivity index (χ1n) is 7.99. The summed E-state index contributed by atoms with van der Waals surface area (Å²) in [6.45, 7) is 1.72. The maximum atomic E-state index is 5.57. The number of fused-ring (bicyclic) bond motifs is 2. The van der Waals surface area contributed by atoms with E-state index in [1.807, 2.05) is 0 Å². The Morgan fingerprint density at radius 3 is 2.90 bits per heavy atom. The lowest BCUT2D eigenvalue weighted by atomic mass is 9.90. The Labute approximate surface area is 126 Å². The van der Waals surface area contributed by atoms with Crippen LogP contribution in [-0.2, 0) is 25.8 Å². The van der Waals surface area contributed by atoms with Crippen molar-refractivity contribution in [2.75, 3.05) is 11.9 Å². The molecule has 0 atom stereocenters. The Morgan fingerprint density at radius 1 is 0.952 bits per heavy atom. The predicted molar refractivity (Wildman–Crippen MR) is 86.1 cm³/mol. The molecule has 0 radical (unpaired) electrons. The molecule has 108 valence electrons. The second-order valence-corrected chi connectivity index (χ2v) is 6.04. The molecule has 2 aromatic rings. The van der Waals surface area contributed by atoms with Crippen molar-refractivity contribution in [2.45, 2.75) is 38.6 Å². The lowest BCUT2D eigenvalue weighted by Crippen LogP contribution is -2.08. The third-order valence-corrected chi connectivity index (χ3v) is 4.63. The number of anilines is 1. The second-order valence-electron chi connectivity index (χ2n) is 6.04. The van der Waals surface area contributed by atoms with Crippen molar-refractivity contribution in [1.29, 1.82) is 0 Å². The van der Waals surface area contributed by atoms with Crippen molar-refractivity contribution >= 4 is 5.69 Å². The molecule has 0 aromatic heterocycles. The number of rotatable bonds is 3. The quantitative estimate of drug-likeness (QED) is 0.913. The average Bonchev–Trinajstić information content (AvgIpc) is 3.00. The van der Waals surface area contributed by atoms with Crippen molar-refractivity contribution in [3.05, 3.63) is 58.7 Å². The summed E-state index contributed by atoms with van der Waals surface area (Å²) in [5.41, 5.74) is 7.09. The molecule has 2 aromatic carbocycles. The average molecular weight is 279 g/mol. The van der Waals surface area contributed by atoms with Gasteiger partial charge in [-0.3, -0.25) is 0 Å². The molecule has 0 unspecified atom stereocenters. The number of hydrogen-bond acceptors (Lipinski definition) is 2. The summed E-state index contributed by atoms with van der Waals surface area (Å²) in [6.07, 6.45) is 6.16. The Hall–Kier alpha value is -1.96. The summed E-state index contributed by atoms with van der Waals surface area (Å²) in [5.74, 6) is 1.07. The van der Waals surface area contributed by atoms with Gasteiger partial charge in [0.05, 0.1) is 6.61 Å². The van der Waals surface area contributed by atoms with Gasteiger partial charge in [-0.1, -0.05) is 24.3 Å². The van der Waals surface area contributed by atoms with Crippen molar-refractivity contribution in [2.24, 2.45) is 0 Å². The van der Waals surface area contributed by atoms with Gasteiger partial charge in [0.25, 0.3) is 0 Å². The van der Waals surface area contributed by atoms with Gasteiger partial charge in [-0.05, 0) is 60.1 Å². The molecule has 1 heterocycles. The van der Waals surface area contributed by atoms with Gasteiger partial charge in [-0.2, -0.15) is 0 Å². The van der Waals surface area contributed by atoms with Gasteiger partial charge in [-0.25, -0.2) is 0 Å². The number of ether oxygens (including phenoxy) is 1. The van der Waals surface area contributed by atoms with Crippen LogP contribution in [0.2, 0.25) is 0 Å². The zero-order valence-electron chi connectivity index (χ0n) is 12.3. The highest BCUT2D eigenvalue weighted by molar-refractivity contribution is 5.56.